The fraction of sp³-hybridized carbons (Fsp3) is 0. The Morgan fingerprint density at radius 3 is 2.00 bits per heavy atom. The standard InChI is InChI=1S/C17H15NO2/c19-17(18-20)16(13-15-9-5-2-6-10-15)12-11-14-7-3-1-4-8-14/h1-13,20H,(H,18,19). The number of hydrogen-bond donors (Lipinski definition) is 2. The minimum atomic E-state index is -0.541. The summed E-state index contributed by atoms with van der Waals surface area (Å²) in [5.74, 6) is -0.541. The van der Waals surface area contributed by atoms with Crippen molar-refractivity contribution in [1.29, 1.82) is 0 Å². The number of carbonyl (C=O) groups is 1. The van der Waals surface area contributed by atoms with Crippen molar-refractivity contribution in [2.45, 2.75) is 0 Å². The minimum absolute atomic E-state index is 0.377. The van der Waals surface area contributed by atoms with Gasteiger partial charge in [-0.25, -0.2) is 5.48 Å². The quantitative estimate of drug-likeness (QED) is 0.386. The molecule has 0 saturated carbocycles. The number of carbonyl (C=O) groups excluding carboxylic acids is 1. The number of hydroxylamine groups is 1. The number of amides is 1. The summed E-state index contributed by atoms with van der Waals surface area (Å²) in [6, 6.07) is 19.1. The summed E-state index contributed by atoms with van der Waals surface area (Å²) in [4.78, 5) is 11.7. The summed E-state index contributed by atoms with van der Waals surface area (Å²) in [5, 5.41) is 8.81. The van der Waals surface area contributed by atoms with E-state index in [1.807, 2.05) is 66.7 Å². The van der Waals surface area contributed by atoms with Gasteiger partial charge in [0.2, 0.25) is 0 Å². The van der Waals surface area contributed by atoms with Crippen LogP contribution in [0.4, 0.5) is 0 Å². The average molecular weight is 265 g/mol. The molecule has 3 nitrogen and oxygen atoms in total. The smallest absolute Gasteiger partial charge is 0.274 e. The summed E-state index contributed by atoms with van der Waals surface area (Å²) in [7, 11) is 0. The SMILES string of the molecule is O=C(NO)C(C=Cc1ccccc1)=Cc1ccccc1. The molecule has 0 radical (unpaired) electrons. The van der Waals surface area contributed by atoms with Crippen LogP contribution in [-0.2, 0) is 4.79 Å². The summed E-state index contributed by atoms with van der Waals surface area (Å²) in [6.45, 7) is 0. The molecule has 100 valence electrons. The highest BCUT2D eigenvalue weighted by Crippen LogP contribution is 2.10. The molecule has 20 heavy (non-hydrogen) atoms. The zero-order valence-electron chi connectivity index (χ0n) is 10.9. The van der Waals surface area contributed by atoms with Gasteiger partial charge < -0.3 is 0 Å². The molecule has 0 bridgehead atoms. The molecule has 0 heterocycles. The Bertz CT molecular complexity index is 616. The normalized spacial score (nSPS) is 11.6. The van der Waals surface area contributed by atoms with Crippen molar-refractivity contribution in [2.75, 3.05) is 0 Å². The Balaban J connectivity index is 2.27. The van der Waals surface area contributed by atoms with Crippen molar-refractivity contribution < 1.29 is 10.0 Å². The van der Waals surface area contributed by atoms with Crippen LogP contribution < -0.4 is 5.48 Å². The minimum Gasteiger partial charge on any atom is -0.288 e. The molecule has 1 amide bonds. The maximum absolute atomic E-state index is 11.7. The van der Waals surface area contributed by atoms with Gasteiger partial charge >= 0.3 is 0 Å². The first kappa shape index (κ1) is 13.8. The molecule has 0 aliphatic carbocycles. The summed E-state index contributed by atoms with van der Waals surface area (Å²) in [6.07, 6.45) is 5.21. The molecule has 0 fully saturated rings. The van der Waals surface area contributed by atoms with Crippen molar-refractivity contribution in [3.05, 3.63) is 83.4 Å². The van der Waals surface area contributed by atoms with Gasteiger partial charge in [0, 0.05) is 5.57 Å². The highest BCUT2D eigenvalue weighted by Gasteiger charge is 2.04. The van der Waals surface area contributed by atoms with E-state index in [-0.39, 0.29) is 0 Å². The maximum Gasteiger partial charge on any atom is 0.274 e. The third-order valence-electron chi connectivity index (χ3n) is 2.74. The van der Waals surface area contributed by atoms with Gasteiger partial charge in [-0.1, -0.05) is 66.7 Å². The van der Waals surface area contributed by atoms with E-state index in [2.05, 4.69) is 0 Å². The highest BCUT2D eigenvalue weighted by atomic mass is 16.5. The summed E-state index contributed by atoms with van der Waals surface area (Å²) >= 11 is 0. The van der Waals surface area contributed by atoms with Crippen molar-refractivity contribution in [3.63, 3.8) is 0 Å². The Labute approximate surface area is 117 Å². The van der Waals surface area contributed by atoms with Gasteiger partial charge in [-0.15, -0.1) is 0 Å². The number of nitrogens with one attached hydrogen (secondary N) is 1. The fourth-order valence-corrected chi connectivity index (χ4v) is 1.73. The molecule has 2 rings (SSSR count). The van der Waals surface area contributed by atoms with Crippen molar-refractivity contribution in [3.8, 4) is 0 Å². The van der Waals surface area contributed by atoms with Crippen LogP contribution in [0.1, 0.15) is 11.1 Å². The van der Waals surface area contributed by atoms with Crippen molar-refractivity contribution in [1.82, 2.24) is 5.48 Å². The van der Waals surface area contributed by atoms with Gasteiger partial charge in [0.25, 0.3) is 5.91 Å². The molecule has 0 saturated heterocycles. The van der Waals surface area contributed by atoms with Crippen LogP contribution in [0.3, 0.4) is 0 Å². The summed E-state index contributed by atoms with van der Waals surface area (Å²) in [5.41, 5.74) is 3.92. The van der Waals surface area contributed by atoms with E-state index in [0.717, 1.165) is 11.1 Å². The first-order valence-corrected chi connectivity index (χ1v) is 6.24. The van der Waals surface area contributed by atoms with Gasteiger partial charge in [-0.05, 0) is 23.3 Å². The van der Waals surface area contributed by atoms with Crippen molar-refractivity contribution >= 4 is 18.1 Å². The lowest BCUT2D eigenvalue weighted by molar-refractivity contribution is -0.124. The van der Waals surface area contributed by atoms with Gasteiger partial charge in [0.15, 0.2) is 0 Å². The van der Waals surface area contributed by atoms with Crippen molar-refractivity contribution in [2.24, 2.45) is 0 Å². The number of hydrogen-bond acceptors (Lipinski definition) is 2. The van der Waals surface area contributed by atoms with E-state index in [9.17, 15) is 4.79 Å². The molecule has 3 heteroatoms. The van der Waals surface area contributed by atoms with Crippen LogP contribution in [0.25, 0.3) is 12.2 Å². The lowest BCUT2D eigenvalue weighted by Gasteiger charge is -2.01. The topological polar surface area (TPSA) is 49.3 Å². The van der Waals surface area contributed by atoms with E-state index >= 15 is 0 Å². The molecule has 2 aromatic carbocycles. The number of rotatable bonds is 4. The molecule has 2 aromatic rings. The van der Waals surface area contributed by atoms with Gasteiger partial charge in [-0.3, -0.25) is 10.0 Å². The number of benzene rings is 2. The lowest BCUT2D eigenvalue weighted by atomic mass is 10.1. The second-order valence-electron chi connectivity index (χ2n) is 4.20. The monoisotopic (exact) mass is 265 g/mol. The van der Waals surface area contributed by atoms with Crippen LogP contribution in [0.2, 0.25) is 0 Å². The zero-order chi connectivity index (χ0) is 14.2. The second kappa shape index (κ2) is 7.07. The Kier molecular flexibility index (Phi) is 4.87. The largest absolute Gasteiger partial charge is 0.288 e. The Hall–Kier alpha value is -2.65. The van der Waals surface area contributed by atoms with E-state index < -0.39 is 5.91 Å². The van der Waals surface area contributed by atoms with Gasteiger partial charge in [0.1, 0.15) is 0 Å². The predicted molar refractivity (Wildman–Crippen MR) is 79.8 cm³/mol. The van der Waals surface area contributed by atoms with Gasteiger partial charge in [0.05, 0.1) is 0 Å². The first-order chi connectivity index (χ1) is 9.79. The van der Waals surface area contributed by atoms with E-state index in [0.29, 0.717) is 5.57 Å². The molecule has 0 aromatic heterocycles. The summed E-state index contributed by atoms with van der Waals surface area (Å²) < 4.78 is 0. The third kappa shape index (κ3) is 3.93. The predicted octanol–water partition coefficient (Wildman–Crippen LogP) is 3.29. The zero-order valence-corrected chi connectivity index (χ0v) is 10.9. The fourth-order valence-electron chi connectivity index (χ4n) is 1.73. The van der Waals surface area contributed by atoms with Gasteiger partial charge in [-0.2, -0.15) is 0 Å². The van der Waals surface area contributed by atoms with E-state index in [4.69, 9.17) is 5.21 Å². The maximum atomic E-state index is 11.7. The molecule has 0 spiro atoms. The molecular weight excluding hydrogens is 250 g/mol. The van der Waals surface area contributed by atoms with Crippen LogP contribution in [0.15, 0.2) is 72.3 Å². The average Bonchev–Trinajstić information content (AvgIpc) is 2.52. The van der Waals surface area contributed by atoms with E-state index in [1.165, 1.54) is 0 Å². The first-order valence-electron chi connectivity index (χ1n) is 6.24. The molecular formula is C17H15NO2. The van der Waals surface area contributed by atoms with Crippen LogP contribution in [0, 0.1) is 0 Å². The molecule has 0 aliphatic heterocycles. The Morgan fingerprint density at radius 1 is 0.900 bits per heavy atom. The Morgan fingerprint density at radius 2 is 1.45 bits per heavy atom. The third-order valence-corrected chi connectivity index (χ3v) is 2.74. The van der Waals surface area contributed by atoms with Crippen LogP contribution >= 0.6 is 0 Å². The highest BCUT2D eigenvalue weighted by molar-refractivity contribution is 6.00. The van der Waals surface area contributed by atoms with E-state index in [1.54, 1.807) is 17.6 Å². The molecule has 0 atom stereocenters. The van der Waals surface area contributed by atoms with Crippen LogP contribution in [-0.4, -0.2) is 11.1 Å². The molecule has 0 aliphatic rings. The molecule has 0 unspecified atom stereocenters. The second-order valence-corrected chi connectivity index (χ2v) is 4.20. The molecule has 2 N–H and O–H groups in total. The van der Waals surface area contributed by atoms with Crippen LogP contribution in [0.5, 0.6) is 0 Å². The lowest BCUT2D eigenvalue weighted by Crippen LogP contribution is -2.19.